The molecule has 0 radical (unpaired) electrons. The standard InChI is InChI=1S/C13H23N5O2/c1-10-3-2-4-13(5-10,9-19)15-12(20)8-18-7-11(6-14)16-17-18/h7,10,19H,2-6,8-9,14H2,1H3,(H,15,20). The molecule has 7 nitrogen and oxygen atoms in total. The largest absolute Gasteiger partial charge is 0.394 e. The maximum absolute atomic E-state index is 12.1. The summed E-state index contributed by atoms with van der Waals surface area (Å²) in [6.07, 6.45) is 5.49. The maximum Gasteiger partial charge on any atom is 0.242 e. The van der Waals surface area contributed by atoms with Crippen LogP contribution in [-0.2, 0) is 17.9 Å². The highest BCUT2D eigenvalue weighted by Crippen LogP contribution is 2.31. The highest BCUT2D eigenvalue weighted by Gasteiger charge is 2.35. The van der Waals surface area contributed by atoms with Crippen molar-refractivity contribution in [1.29, 1.82) is 0 Å². The lowest BCUT2D eigenvalue weighted by Crippen LogP contribution is -2.54. The number of aromatic nitrogens is 3. The number of carbonyl (C=O) groups excluding carboxylic acids is 1. The molecule has 1 saturated carbocycles. The van der Waals surface area contributed by atoms with E-state index in [2.05, 4.69) is 22.6 Å². The van der Waals surface area contributed by atoms with E-state index in [-0.39, 0.29) is 19.1 Å². The number of carbonyl (C=O) groups is 1. The Morgan fingerprint density at radius 3 is 3.10 bits per heavy atom. The number of amides is 1. The summed E-state index contributed by atoms with van der Waals surface area (Å²) in [7, 11) is 0. The van der Waals surface area contributed by atoms with Crippen LogP contribution in [0.25, 0.3) is 0 Å². The number of nitrogens with zero attached hydrogens (tertiary/aromatic N) is 3. The molecular formula is C13H23N5O2. The quantitative estimate of drug-likeness (QED) is 0.692. The summed E-state index contributed by atoms with van der Waals surface area (Å²) in [4.78, 5) is 12.1. The molecule has 4 N–H and O–H groups in total. The van der Waals surface area contributed by atoms with Crippen LogP contribution in [0, 0.1) is 5.92 Å². The first kappa shape index (κ1) is 14.9. The number of hydrogen-bond donors (Lipinski definition) is 3. The van der Waals surface area contributed by atoms with Crippen LogP contribution in [0.1, 0.15) is 38.3 Å². The third-order valence-corrected chi connectivity index (χ3v) is 3.90. The Bertz CT molecular complexity index is 461. The highest BCUT2D eigenvalue weighted by atomic mass is 16.3. The second-order valence-corrected chi connectivity index (χ2v) is 5.80. The molecule has 1 fully saturated rings. The Hall–Kier alpha value is -1.47. The van der Waals surface area contributed by atoms with E-state index in [0.29, 0.717) is 18.2 Å². The van der Waals surface area contributed by atoms with Crippen molar-refractivity contribution < 1.29 is 9.90 Å². The van der Waals surface area contributed by atoms with Crippen molar-refractivity contribution in [2.75, 3.05) is 6.61 Å². The SMILES string of the molecule is CC1CCCC(CO)(NC(=O)Cn2cc(CN)nn2)C1. The lowest BCUT2D eigenvalue weighted by Gasteiger charge is -2.39. The van der Waals surface area contributed by atoms with E-state index in [1.54, 1.807) is 6.20 Å². The average molecular weight is 281 g/mol. The lowest BCUT2D eigenvalue weighted by molar-refractivity contribution is -0.125. The summed E-state index contributed by atoms with van der Waals surface area (Å²) >= 11 is 0. The van der Waals surface area contributed by atoms with Crippen LogP contribution in [0.2, 0.25) is 0 Å². The minimum Gasteiger partial charge on any atom is -0.394 e. The first-order valence-corrected chi connectivity index (χ1v) is 7.08. The van der Waals surface area contributed by atoms with E-state index in [9.17, 15) is 9.90 Å². The molecule has 20 heavy (non-hydrogen) atoms. The van der Waals surface area contributed by atoms with Gasteiger partial charge in [-0.3, -0.25) is 4.79 Å². The molecule has 112 valence electrons. The molecule has 7 heteroatoms. The van der Waals surface area contributed by atoms with Crippen molar-refractivity contribution in [3.8, 4) is 0 Å². The van der Waals surface area contributed by atoms with Gasteiger partial charge in [-0.25, -0.2) is 4.68 Å². The predicted octanol–water partition coefficient (Wildman–Crippen LogP) is -0.206. The normalized spacial score (nSPS) is 26.4. The van der Waals surface area contributed by atoms with Gasteiger partial charge in [0.2, 0.25) is 5.91 Å². The van der Waals surface area contributed by atoms with Crippen molar-refractivity contribution >= 4 is 5.91 Å². The van der Waals surface area contributed by atoms with Crippen molar-refractivity contribution in [2.24, 2.45) is 11.7 Å². The fourth-order valence-corrected chi connectivity index (χ4v) is 2.95. The minimum absolute atomic E-state index is 0.0194. The molecule has 1 aromatic rings. The number of aliphatic hydroxyl groups excluding tert-OH is 1. The number of rotatable bonds is 5. The van der Waals surface area contributed by atoms with Crippen molar-refractivity contribution in [3.05, 3.63) is 11.9 Å². The van der Waals surface area contributed by atoms with Crippen LogP contribution < -0.4 is 11.1 Å². The summed E-state index contributed by atoms with van der Waals surface area (Å²) < 4.78 is 1.47. The van der Waals surface area contributed by atoms with Gasteiger partial charge in [0.05, 0.1) is 24.0 Å². The fourth-order valence-electron chi connectivity index (χ4n) is 2.95. The first-order valence-electron chi connectivity index (χ1n) is 7.08. The molecule has 0 aromatic carbocycles. The van der Waals surface area contributed by atoms with E-state index in [4.69, 9.17) is 5.73 Å². The van der Waals surface area contributed by atoms with Crippen LogP contribution in [0.5, 0.6) is 0 Å². The Morgan fingerprint density at radius 2 is 2.50 bits per heavy atom. The smallest absolute Gasteiger partial charge is 0.242 e. The zero-order valence-electron chi connectivity index (χ0n) is 11.9. The van der Waals surface area contributed by atoms with Crippen molar-refractivity contribution in [2.45, 2.75) is 51.2 Å². The highest BCUT2D eigenvalue weighted by molar-refractivity contribution is 5.76. The Kier molecular flexibility index (Phi) is 4.72. The maximum atomic E-state index is 12.1. The molecule has 2 unspecified atom stereocenters. The van der Waals surface area contributed by atoms with Gasteiger partial charge in [0.25, 0.3) is 0 Å². The minimum atomic E-state index is -0.480. The van der Waals surface area contributed by atoms with Crippen LogP contribution >= 0.6 is 0 Å². The van der Waals surface area contributed by atoms with E-state index in [1.807, 2.05) is 0 Å². The van der Waals surface area contributed by atoms with Gasteiger partial charge in [0, 0.05) is 6.54 Å². The second kappa shape index (κ2) is 6.32. The first-order chi connectivity index (χ1) is 9.57. The second-order valence-electron chi connectivity index (χ2n) is 5.80. The Labute approximate surface area is 118 Å². The van der Waals surface area contributed by atoms with Gasteiger partial charge in [0.15, 0.2) is 0 Å². The lowest BCUT2D eigenvalue weighted by atomic mass is 9.77. The monoisotopic (exact) mass is 281 g/mol. The third kappa shape index (κ3) is 3.55. The summed E-state index contributed by atoms with van der Waals surface area (Å²) in [5.74, 6) is 0.369. The van der Waals surface area contributed by atoms with Gasteiger partial charge in [-0.05, 0) is 18.8 Å². The van der Waals surface area contributed by atoms with Gasteiger partial charge < -0.3 is 16.2 Å². The van der Waals surface area contributed by atoms with Crippen molar-refractivity contribution in [3.63, 3.8) is 0 Å². The fraction of sp³-hybridized carbons (Fsp3) is 0.769. The van der Waals surface area contributed by atoms with Gasteiger partial charge in [-0.2, -0.15) is 0 Å². The van der Waals surface area contributed by atoms with E-state index >= 15 is 0 Å². The summed E-state index contributed by atoms with van der Waals surface area (Å²) in [5, 5.41) is 20.3. The zero-order chi connectivity index (χ0) is 14.6. The predicted molar refractivity (Wildman–Crippen MR) is 73.5 cm³/mol. The van der Waals surface area contributed by atoms with Crippen LogP contribution in [0.4, 0.5) is 0 Å². The molecule has 1 aliphatic carbocycles. The third-order valence-electron chi connectivity index (χ3n) is 3.90. The Balaban J connectivity index is 1.95. The number of aliphatic hydroxyl groups is 1. The summed E-state index contributed by atoms with van der Waals surface area (Å²) in [5.41, 5.74) is 5.63. The van der Waals surface area contributed by atoms with Gasteiger partial charge in [-0.15, -0.1) is 5.10 Å². The summed E-state index contributed by atoms with van der Waals surface area (Å²) in [6.45, 7) is 2.54. The van der Waals surface area contributed by atoms with E-state index in [1.165, 1.54) is 4.68 Å². The van der Waals surface area contributed by atoms with E-state index < -0.39 is 5.54 Å². The number of hydrogen-bond acceptors (Lipinski definition) is 5. The number of nitrogens with one attached hydrogen (secondary N) is 1. The Morgan fingerprint density at radius 1 is 1.70 bits per heavy atom. The molecule has 1 amide bonds. The zero-order valence-corrected chi connectivity index (χ0v) is 11.9. The van der Waals surface area contributed by atoms with Gasteiger partial charge >= 0.3 is 0 Å². The van der Waals surface area contributed by atoms with Crippen LogP contribution in [-0.4, -0.2) is 38.2 Å². The molecule has 2 rings (SSSR count). The molecule has 0 spiro atoms. The molecule has 1 aliphatic rings. The molecule has 0 aliphatic heterocycles. The summed E-state index contributed by atoms with van der Waals surface area (Å²) in [6, 6.07) is 0. The molecule has 1 aromatic heterocycles. The topological polar surface area (TPSA) is 106 Å². The van der Waals surface area contributed by atoms with E-state index in [0.717, 1.165) is 25.7 Å². The molecule has 0 bridgehead atoms. The van der Waals surface area contributed by atoms with Gasteiger partial charge in [0.1, 0.15) is 6.54 Å². The molecule has 1 heterocycles. The average Bonchev–Trinajstić information content (AvgIpc) is 2.86. The molecule has 0 saturated heterocycles. The van der Waals surface area contributed by atoms with Crippen LogP contribution in [0.3, 0.4) is 0 Å². The van der Waals surface area contributed by atoms with Crippen LogP contribution in [0.15, 0.2) is 6.20 Å². The molecular weight excluding hydrogens is 258 g/mol. The van der Waals surface area contributed by atoms with Gasteiger partial charge in [-0.1, -0.05) is 25.0 Å². The molecule has 2 atom stereocenters. The number of nitrogens with two attached hydrogens (primary N) is 1. The van der Waals surface area contributed by atoms with Crippen molar-refractivity contribution in [1.82, 2.24) is 20.3 Å².